The van der Waals surface area contributed by atoms with E-state index in [1.165, 1.54) is 108 Å². The standard InChI is InChI=1S/C23H40OS/c1-22(24)25-21-17-13-11-9-7-5-3-2-4-6-8-10-12-14-18-23-19-15-16-20-23/h15-16,19-20,23H,2-14,17-18,21H2,1H3. The number of unbranched alkanes of at least 4 members (excludes halogenated alkanes) is 13. The van der Waals surface area contributed by atoms with Crippen molar-refractivity contribution in [2.45, 2.75) is 103 Å². The van der Waals surface area contributed by atoms with Crippen molar-refractivity contribution < 1.29 is 4.79 Å². The predicted molar refractivity (Wildman–Crippen MR) is 114 cm³/mol. The van der Waals surface area contributed by atoms with Gasteiger partial charge in [0.2, 0.25) is 0 Å². The molecule has 0 atom stereocenters. The smallest absolute Gasteiger partial charge is 0.185 e. The Morgan fingerprint density at radius 3 is 1.52 bits per heavy atom. The van der Waals surface area contributed by atoms with Gasteiger partial charge in [0.15, 0.2) is 5.12 Å². The first-order valence-electron chi connectivity index (χ1n) is 10.8. The molecule has 1 aliphatic carbocycles. The third-order valence-electron chi connectivity index (χ3n) is 5.06. The molecule has 0 aliphatic heterocycles. The highest BCUT2D eigenvalue weighted by molar-refractivity contribution is 8.13. The van der Waals surface area contributed by atoms with Gasteiger partial charge in [-0.3, -0.25) is 4.79 Å². The van der Waals surface area contributed by atoms with E-state index in [2.05, 4.69) is 24.3 Å². The molecule has 0 aromatic rings. The Morgan fingerprint density at radius 2 is 1.08 bits per heavy atom. The lowest BCUT2D eigenvalue weighted by Crippen LogP contribution is -1.89. The van der Waals surface area contributed by atoms with Gasteiger partial charge in [0.05, 0.1) is 0 Å². The van der Waals surface area contributed by atoms with E-state index in [1.54, 1.807) is 6.92 Å². The quantitative estimate of drug-likeness (QED) is 0.244. The van der Waals surface area contributed by atoms with Crippen LogP contribution < -0.4 is 0 Å². The number of carbonyl (C=O) groups is 1. The molecule has 0 N–H and O–H groups in total. The highest BCUT2D eigenvalue weighted by Crippen LogP contribution is 2.18. The summed E-state index contributed by atoms with van der Waals surface area (Å²) in [5.41, 5.74) is 0. The van der Waals surface area contributed by atoms with Crippen LogP contribution in [-0.2, 0) is 4.79 Å². The van der Waals surface area contributed by atoms with E-state index in [-0.39, 0.29) is 5.12 Å². The molecule has 0 saturated carbocycles. The minimum absolute atomic E-state index is 0.263. The summed E-state index contributed by atoms with van der Waals surface area (Å²) in [5, 5.41) is 0.263. The molecule has 25 heavy (non-hydrogen) atoms. The van der Waals surface area contributed by atoms with Crippen molar-refractivity contribution in [1.29, 1.82) is 0 Å². The summed E-state index contributed by atoms with van der Waals surface area (Å²) < 4.78 is 0. The summed E-state index contributed by atoms with van der Waals surface area (Å²) in [6, 6.07) is 0. The molecule has 1 rings (SSSR count). The molecule has 0 spiro atoms. The number of hydrogen-bond acceptors (Lipinski definition) is 2. The number of thioether (sulfide) groups is 1. The summed E-state index contributed by atoms with van der Waals surface area (Å²) >= 11 is 1.48. The van der Waals surface area contributed by atoms with Crippen LogP contribution in [0.5, 0.6) is 0 Å². The number of allylic oxidation sites excluding steroid dienone is 4. The second-order valence-electron chi connectivity index (χ2n) is 7.51. The first kappa shape index (κ1) is 22.5. The van der Waals surface area contributed by atoms with Crippen molar-refractivity contribution in [2.75, 3.05) is 5.75 Å². The van der Waals surface area contributed by atoms with E-state index in [9.17, 15) is 4.79 Å². The van der Waals surface area contributed by atoms with Gasteiger partial charge in [-0.25, -0.2) is 0 Å². The van der Waals surface area contributed by atoms with Gasteiger partial charge in [0.1, 0.15) is 0 Å². The van der Waals surface area contributed by atoms with Crippen LogP contribution in [0.15, 0.2) is 24.3 Å². The molecule has 0 radical (unpaired) electrons. The van der Waals surface area contributed by atoms with E-state index < -0.39 is 0 Å². The van der Waals surface area contributed by atoms with E-state index >= 15 is 0 Å². The lowest BCUT2D eigenvalue weighted by atomic mass is 10.0. The number of rotatable bonds is 17. The van der Waals surface area contributed by atoms with Crippen LogP contribution in [0.4, 0.5) is 0 Å². The van der Waals surface area contributed by atoms with Crippen molar-refractivity contribution in [3.05, 3.63) is 24.3 Å². The maximum atomic E-state index is 10.8. The first-order chi connectivity index (χ1) is 12.3. The van der Waals surface area contributed by atoms with Gasteiger partial charge < -0.3 is 0 Å². The number of hydrogen-bond donors (Lipinski definition) is 0. The van der Waals surface area contributed by atoms with Crippen molar-refractivity contribution >= 4 is 16.9 Å². The summed E-state index contributed by atoms with van der Waals surface area (Å²) in [5.74, 6) is 1.75. The molecular formula is C23H40OS. The molecule has 0 amide bonds. The maximum absolute atomic E-state index is 10.8. The zero-order chi connectivity index (χ0) is 18.0. The minimum Gasteiger partial charge on any atom is -0.288 e. The van der Waals surface area contributed by atoms with E-state index in [4.69, 9.17) is 0 Å². The van der Waals surface area contributed by atoms with Gasteiger partial charge in [0.25, 0.3) is 0 Å². The van der Waals surface area contributed by atoms with Crippen molar-refractivity contribution in [3.63, 3.8) is 0 Å². The van der Waals surface area contributed by atoms with Crippen LogP contribution in [0.25, 0.3) is 0 Å². The second kappa shape index (κ2) is 16.9. The Kier molecular flexibility index (Phi) is 15.3. The molecule has 0 fully saturated rings. The molecule has 1 nitrogen and oxygen atoms in total. The van der Waals surface area contributed by atoms with Gasteiger partial charge in [-0.05, 0) is 18.8 Å². The van der Waals surface area contributed by atoms with E-state index in [0.717, 1.165) is 11.7 Å². The van der Waals surface area contributed by atoms with Gasteiger partial charge in [-0.1, -0.05) is 120 Å². The second-order valence-corrected chi connectivity index (χ2v) is 8.78. The Bertz CT molecular complexity index is 360. The van der Waals surface area contributed by atoms with Crippen LogP contribution >= 0.6 is 11.8 Å². The third kappa shape index (κ3) is 15.5. The largest absolute Gasteiger partial charge is 0.288 e. The van der Waals surface area contributed by atoms with Crippen LogP contribution in [0.1, 0.15) is 103 Å². The zero-order valence-corrected chi connectivity index (χ0v) is 17.3. The van der Waals surface area contributed by atoms with Gasteiger partial charge in [-0.2, -0.15) is 0 Å². The topological polar surface area (TPSA) is 17.1 Å². The minimum atomic E-state index is 0.263. The maximum Gasteiger partial charge on any atom is 0.185 e. The summed E-state index contributed by atoms with van der Waals surface area (Å²) in [4.78, 5) is 10.8. The Balaban J connectivity index is 1.66. The van der Waals surface area contributed by atoms with E-state index in [0.29, 0.717) is 0 Å². The van der Waals surface area contributed by atoms with Crippen molar-refractivity contribution in [2.24, 2.45) is 5.92 Å². The van der Waals surface area contributed by atoms with Crippen LogP contribution in [0.2, 0.25) is 0 Å². The molecular weight excluding hydrogens is 324 g/mol. The van der Waals surface area contributed by atoms with Gasteiger partial charge >= 0.3 is 0 Å². The molecule has 0 saturated heterocycles. The molecule has 0 unspecified atom stereocenters. The summed E-state index contributed by atoms with van der Waals surface area (Å²) in [7, 11) is 0. The van der Waals surface area contributed by atoms with Crippen LogP contribution in [0, 0.1) is 5.92 Å². The Morgan fingerprint density at radius 1 is 0.680 bits per heavy atom. The number of carbonyl (C=O) groups excluding carboxylic acids is 1. The normalized spacial score (nSPS) is 13.8. The highest BCUT2D eigenvalue weighted by Gasteiger charge is 2.02. The molecule has 2 heteroatoms. The van der Waals surface area contributed by atoms with Gasteiger partial charge in [0, 0.05) is 12.7 Å². The Labute approximate surface area is 161 Å². The summed E-state index contributed by atoms with van der Waals surface area (Å²) in [6.45, 7) is 1.66. The third-order valence-corrected chi connectivity index (χ3v) is 5.96. The predicted octanol–water partition coefficient (Wildman–Crippen LogP) is 7.86. The Hall–Kier alpha value is -0.500. The fourth-order valence-electron chi connectivity index (χ4n) is 3.49. The van der Waals surface area contributed by atoms with E-state index in [1.807, 2.05) is 0 Å². The first-order valence-corrected chi connectivity index (χ1v) is 11.8. The molecule has 0 heterocycles. The highest BCUT2D eigenvalue weighted by atomic mass is 32.2. The average molecular weight is 365 g/mol. The lowest BCUT2D eigenvalue weighted by Gasteiger charge is -2.05. The van der Waals surface area contributed by atoms with Crippen LogP contribution in [0.3, 0.4) is 0 Å². The monoisotopic (exact) mass is 364 g/mol. The van der Waals surface area contributed by atoms with Crippen molar-refractivity contribution in [3.8, 4) is 0 Å². The fourth-order valence-corrected chi connectivity index (χ4v) is 4.13. The molecule has 0 aromatic carbocycles. The fraction of sp³-hybridized carbons (Fsp3) is 0.783. The molecule has 0 bridgehead atoms. The summed E-state index contributed by atoms with van der Waals surface area (Å²) in [6.07, 6.45) is 29.9. The van der Waals surface area contributed by atoms with Crippen molar-refractivity contribution in [1.82, 2.24) is 0 Å². The molecule has 144 valence electrons. The zero-order valence-electron chi connectivity index (χ0n) is 16.5. The molecule has 1 aliphatic rings. The lowest BCUT2D eigenvalue weighted by molar-refractivity contribution is -0.109. The average Bonchev–Trinajstić information content (AvgIpc) is 3.11. The van der Waals surface area contributed by atoms with Gasteiger partial charge in [-0.15, -0.1) is 0 Å². The SMILES string of the molecule is CC(=O)SCCCCCCCCCCCCCCCCC1C=CC=C1. The molecule has 0 aromatic heterocycles. The van der Waals surface area contributed by atoms with Crippen LogP contribution in [-0.4, -0.2) is 10.9 Å².